The van der Waals surface area contributed by atoms with Crippen molar-refractivity contribution in [1.29, 1.82) is 0 Å². The Balaban J connectivity index is 2.01. The lowest BCUT2D eigenvalue weighted by atomic mass is 9.87. The number of aromatic hydroxyl groups is 2. The van der Waals surface area contributed by atoms with Gasteiger partial charge >= 0.3 is 0 Å². The summed E-state index contributed by atoms with van der Waals surface area (Å²) in [5.74, 6) is -0.553. The Labute approximate surface area is 148 Å². The van der Waals surface area contributed by atoms with E-state index in [1.807, 2.05) is 24.3 Å². The number of benzene rings is 2. The lowest BCUT2D eigenvalue weighted by Crippen LogP contribution is -2.20. The number of rotatable bonds is 5. The number of hydrogen-bond donors (Lipinski definition) is 3. The molecule has 0 spiro atoms. The minimum absolute atomic E-state index is 0.0520. The number of nitrogens with one attached hydrogen (secondary N) is 1. The van der Waals surface area contributed by atoms with Crippen LogP contribution in [0.1, 0.15) is 37.5 Å². The van der Waals surface area contributed by atoms with Gasteiger partial charge in [0.15, 0.2) is 11.5 Å². The average Bonchev–Trinajstić information content (AvgIpc) is 2.54. The summed E-state index contributed by atoms with van der Waals surface area (Å²) in [6.45, 7) is 6.56. The Morgan fingerprint density at radius 2 is 1.64 bits per heavy atom. The van der Waals surface area contributed by atoms with Crippen LogP contribution in [0, 0.1) is 0 Å². The quantitative estimate of drug-likeness (QED) is 0.712. The van der Waals surface area contributed by atoms with Crippen molar-refractivity contribution in [1.82, 2.24) is 4.72 Å². The Kier molecular flexibility index (Phi) is 5.55. The Hall–Kier alpha value is -2.31. The summed E-state index contributed by atoms with van der Waals surface area (Å²) in [5.41, 5.74) is 2.57. The van der Waals surface area contributed by atoms with E-state index in [-0.39, 0.29) is 23.5 Å². The number of phenols is 2. The van der Waals surface area contributed by atoms with Gasteiger partial charge in [-0.05, 0) is 40.3 Å². The van der Waals surface area contributed by atoms with E-state index in [0.717, 1.165) is 11.0 Å². The molecule has 0 aliphatic heterocycles. The molecule has 0 aromatic heterocycles. The van der Waals surface area contributed by atoms with Crippen molar-refractivity contribution in [2.24, 2.45) is 0 Å². The first-order valence-corrected chi connectivity index (χ1v) is 9.41. The average molecular weight is 361 g/mol. The molecule has 0 atom stereocenters. The summed E-state index contributed by atoms with van der Waals surface area (Å²) < 4.78 is 26.6. The van der Waals surface area contributed by atoms with Crippen molar-refractivity contribution < 1.29 is 18.6 Å². The smallest absolute Gasteiger partial charge is 0.234 e. The first kappa shape index (κ1) is 19.0. The predicted octanol–water partition coefficient (Wildman–Crippen LogP) is 3.49. The van der Waals surface area contributed by atoms with Crippen molar-refractivity contribution >= 4 is 16.1 Å². The van der Waals surface area contributed by atoms with E-state index in [4.69, 9.17) is 0 Å². The molecule has 6 heteroatoms. The Morgan fingerprint density at radius 1 is 1.00 bits per heavy atom. The monoisotopic (exact) mass is 361 g/mol. The molecule has 3 N–H and O–H groups in total. The minimum atomic E-state index is -3.61. The molecule has 0 aliphatic carbocycles. The van der Waals surface area contributed by atoms with Gasteiger partial charge in [0.2, 0.25) is 10.0 Å². The van der Waals surface area contributed by atoms with Crippen LogP contribution in [0.2, 0.25) is 0 Å². The summed E-state index contributed by atoms with van der Waals surface area (Å²) in [5, 5.41) is 19.7. The molecule has 134 valence electrons. The van der Waals surface area contributed by atoms with Crippen molar-refractivity contribution in [3.05, 3.63) is 64.6 Å². The highest BCUT2D eigenvalue weighted by Crippen LogP contribution is 2.25. The molecule has 0 heterocycles. The van der Waals surface area contributed by atoms with Gasteiger partial charge in [0.05, 0.1) is 0 Å². The molecular weight excluding hydrogens is 338 g/mol. The first-order chi connectivity index (χ1) is 11.6. The topological polar surface area (TPSA) is 86.6 Å². The van der Waals surface area contributed by atoms with Gasteiger partial charge in [-0.15, -0.1) is 0 Å². The van der Waals surface area contributed by atoms with Gasteiger partial charge < -0.3 is 10.2 Å². The van der Waals surface area contributed by atoms with Gasteiger partial charge in [0, 0.05) is 12.0 Å². The van der Waals surface area contributed by atoms with Crippen molar-refractivity contribution in [2.75, 3.05) is 0 Å². The van der Waals surface area contributed by atoms with Gasteiger partial charge in [-0.2, -0.15) is 0 Å². The van der Waals surface area contributed by atoms with E-state index >= 15 is 0 Å². The third-order valence-corrected chi connectivity index (χ3v) is 4.78. The normalized spacial score (nSPS) is 12.6. The lowest BCUT2D eigenvalue weighted by Gasteiger charge is -2.19. The Morgan fingerprint density at radius 3 is 2.20 bits per heavy atom. The molecule has 0 aliphatic rings. The molecule has 0 amide bonds. The highest BCUT2D eigenvalue weighted by Gasteiger charge is 2.13. The van der Waals surface area contributed by atoms with Crippen molar-refractivity contribution in [3.8, 4) is 11.5 Å². The molecule has 25 heavy (non-hydrogen) atoms. The van der Waals surface area contributed by atoms with Crippen LogP contribution in [0.4, 0.5) is 0 Å². The van der Waals surface area contributed by atoms with E-state index < -0.39 is 10.0 Å². The zero-order valence-corrected chi connectivity index (χ0v) is 15.3. The molecule has 0 unspecified atom stereocenters. The highest BCUT2D eigenvalue weighted by molar-refractivity contribution is 7.92. The summed E-state index contributed by atoms with van der Waals surface area (Å²) in [6, 6.07) is 11.9. The molecule has 2 aromatic carbocycles. The number of phenolic OH excluding ortho intramolecular Hbond substituents is 2. The summed E-state index contributed by atoms with van der Waals surface area (Å²) in [7, 11) is -3.61. The van der Waals surface area contributed by atoms with E-state index in [2.05, 4.69) is 25.5 Å². The minimum Gasteiger partial charge on any atom is -0.504 e. The Bertz CT molecular complexity index is 863. The SMILES string of the molecule is CC(C)(C)c1ccc(CNS(=O)(=O)/C=C/c2ccc(O)c(O)c2)cc1. The fourth-order valence-corrected chi connectivity index (χ4v) is 2.97. The molecule has 0 saturated carbocycles. The van der Waals surface area contributed by atoms with Crippen LogP contribution >= 0.6 is 0 Å². The molecule has 2 rings (SSSR count). The standard InChI is InChI=1S/C19H23NO4S/c1-19(2,3)16-7-4-15(5-8-16)13-20-25(23,24)11-10-14-6-9-17(21)18(22)12-14/h4-12,20-22H,13H2,1-3H3/b11-10+. The first-order valence-electron chi connectivity index (χ1n) is 7.86. The maximum atomic E-state index is 12.0. The van der Waals surface area contributed by atoms with Crippen LogP contribution in [0.15, 0.2) is 47.9 Å². The van der Waals surface area contributed by atoms with Crippen LogP contribution in [0.5, 0.6) is 11.5 Å². The summed E-state index contributed by atoms with van der Waals surface area (Å²) >= 11 is 0. The zero-order valence-electron chi connectivity index (χ0n) is 14.5. The van der Waals surface area contributed by atoms with Crippen LogP contribution in [0.25, 0.3) is 6.08 Å². The second-order valence-corrected chi connectivity index (χ2v) is 8.51. The molecule has 2 aromatic rings. The second kappa shape index (κ2) is 7.29. The fourth-order valence-electron chi connectivity index (χ4n) is 2.17. The number of sulfonamides is 1. The largest absolute Gasteiger partial charge is 0.504 e. The van der Waals surface area contributed by atoms with E-state index in [0.29, 0.717) is 5.56 Å². The number of hydrogen-bond acceptors (Lipinski definition) is 4. The summed E-state index contributed by atoms with van der Waals surface area (Å²) in [6.07, 6.45) is 1.35. The van der Waals surface area contributed by atoms with Gasteiger partial charge in [-0.3, -0.25) is 0 Å². The van der Waals surface area contributed by atoms with E-state index in [9.17, 15) is 18.6 Å². The van der Waals surface area contributed by atoms with Gasteiger partial charge in [-0.25, -0.2) is 13.1 Å². The maximum Gasteiger partial charge on any atom is 0.234 e. The lowest BCUT2D eigenvalue weighted by molar-refractivity contribution is 0.403. The van der Waals surface area contributed by atoms with E-state index in [1.165, 1.54) is 29.8 Å². The third-order valence-electron chi connectivity index (χ3n) is 3.74. The van der Waals surface area contributed by atoms with Crippen molar-refractivity contribution in [3.63, 3.8) is 0 Å². The van der Waals surface area contributed by atoms with Crippen LogP contribution in [0.3, 0.4) is 0 Å². The molecule has 0 fully saturated rings. The second-order valence-electron chi connectivity index (χ2n) is 6.86. The van der Waals surface area contributed by atoms with Gasteiger partial charge in [0.1, 0.15) is 0 Å². The predicted molar refractivity (Wildman–Crippen MR) is 99.7 cm³/mol. The van der Waals surface area contributed by atoms with Gasteiger partial charge in [-0.1, -0.05) is 51.1 Å². The highest BCUT2D eigenvalue weighted by atomic mass is 32.2. The molecule has 0 radical (unpaired) electrons. The third kappa shape index (κ3) is 5.62. The fraction of sp³-hybridized carbons (Fsp3) is 0.263. The maximum absolute atomic E-state index is 12.0. The van der Waals surface area contributed by atoms with Crippen LogP contribution in [-0.2, 0) is 22.0 Å². The van der Waals surface area contributed by atoms with Crippen LogP contribution in [-0.4, -0.2) is 18.6 Å². The molecule has 0 saturated heterocycles. The molecular formula is C19H23NO4S. The van der Waals surface area contributed by atoms with Gasteiger partial charge in [0.25, 0.3) is 0 Å². The van der Waals surface area contributed by atoms with Crippen molar-refractivity contribution in [2.45, 2.75) is 32.7 Å². The summed E-state index contributed by atoms with van der Waals surface area (Å²) in [4.78, 5) is 0. The molecule has 5 nitrogen and oxygen atoms in total. The van der Waals surface area contributed by atoms with E-state index in [1.54, 1.807) is 0 Å². The zero-order chi connectivity index (χ0) is 18.7. The molecule has 0 bridgehead atoms. The van der Waals surface area contributed by atoms with Crippen LogP contribution < -0.4 is 4.72 Å².